The number of ether oxygens (including phenoxy) is 1. The lowest BCUT2D eigenvalue weighted by Crippen LogP contribution is -2.26. The number of carbonyl (C=O) groups excluding carboxylic acids is 1. The number of methoxy groups -OCH3 is 1. The molecule has 1 heterocycles. The van der Waals surface area contributed by atoms with Gasteiger partial charge in [0.2, 0.25) is 0 Å². The molecule has 1 aromatic heterocycles. The second-order valence-electron chi connectivity index (χ2n) is 6.41. The van der Waals surface area contributed by atoms with E-state index in [0.717, 1.165) is 11.3 Å². The van der Waals surface area contributed by atoms with Gasteiger partial charge in [0.25, 0.3) is 5.91 Å². The number of hydrogen-bond donors (Lipinski definition) is 2. The lowest BCUT2D eigenvalue weighted by Gasteiger charge is -2.08. The van der Waals surface area contributed by atoms with Gasteiger partial charge in [-0.2, -0.15) is 0 Å². The van der Waals surface area contributed by atoms with Gasteiger partial charge in [-0.3, -0.25) is 4.79 Å². The summed E-state index contributed by atoms with van der Waals surface area (Å²) in [5.74, 6) is 0.826. The summed E-state index contributed by atoms with van der Waals surface area (Å²) in [6.45, 7) is 0.998. The highest BCUT2D eigenvalue weighted by Crippen LogP contribution is 2.12. The second kappa shape index (κ2) is 10.2. The van der Waals surface area contributed by atoms with Crippen molar-refractivity contribution in [1.82, 2.24) is 15.3 Å². The van der Waals surface area contributed by atoms with Gasteiger partial charge in [0.1, 0.15) is 23.1 Å². The molecule has 150 valence electrons. The van der Waals surface area contributed by atoms with E-state index in [-0.39, 0.29) is 17.4 Å². The van der Waals surface area contributed by atoms with Gasteiger partial charge in [-0.05, 0) is 42.2 Å². The molecule has 0 saturated carbocycles. The molecule has 0 aliphatic rings. The highest BCUT2D eigenvalue weighted by atomic mass is 19.1. The van der Waals surface area contributed by atoms with Crippen LogP contribution in [0.2, 0.25) is 0 Å². The van der Waals surface area contributed by atoms with Gasteiger partial charge in [-0.1, -0.05) is 30.3 Å². The minimum atomic E-state index is -0.279. The van der Waals surface area contributed by atoms with Crippen LogP contribution in [-0.2, 0) is 12.8 Å². The first-order chi connectivity index (χ1) is 14.2. The van der Waals surface area contributed by atoms with Crippen molar-refractivity contribution in [1.29, 1.82) is 0 Å². The number of anilines is 1. The summed E-state index contributed by atoms with van der Waals surface area (Å²) in [6, 6.07) is 14.4. The number of halogens is 1. The van der Waals surface area contributed by atoms with Crippen LogP contribution in [0.3, 0.4) is 0 Å². The molecular formula is C22H23FN4O2. The zero-order valence-electron chi connectivity index (χ0n) is 16.2. The third-order valence-electron chi connectivity index (χ3n) is 4.38. The summed E-state index contributed by atoms with van der Waals surface area (Å²) in [7, 11) is 1.62. The smallest absolute Gasteiger partial charge is 0.271 e. The fraction of sp³-hybridized carbons (Fsp3) is 0.227. The van der Waals surface area contributed by atoms with Crippen LogP contribution < -0.4 is 15.4 Å². The highest BCUT2D eigenvalue weighted by Gasteiger charge is 2.08. The number of aromatic nitrogens is 2. The van der Waals surface area contributed by atoms with E-state index in [1.807, 2.05) is 24.3 Å². The van der Waals surface area contributed by atoms with Crippen molar-refractivity contribution >= 4 is 11.7 Å². The number of carbonyl (C=O) groups is 1. The molecule has 0 aliphatic carbocycles. The van der Waals surface area contributed by atoms with Crippen molar-refractivity contribution < 1.29 is 13.9 Å². The van der Waals surface area contributed by atoms with E-state index in [1.165, 1.54) is 18.5 Å². The lowest BCUT2D eigenvalue weighted by atomic mass is 10.1. The summed E-state index contributed by atoms with van der Waals surface area (Å²) in [6.07, 6.45) is 4.14. The Morgan fingerprint density at radius 3 is 2.66 bits per heavy atom. The Bertz CT molecular complexity index is 948. The molecule has 2 N–H and O–H groups in total. The summed E-state index contributed by atoms with van der Waals surface area (Å²) in [5.41, 5.74) is 1.96. The number of nitrogens with zero attached hydrogens (tertiary/aromatic N) is 2. The van der Waals surface area contributed by atoms with Gasteiger partial charge in [-0.25, -0.2) is 14.4 Å². The van der Waals surface area contributed by atoms with Crippen molar-refractivity contribution in [2.45, 2.75) is 12.8 Å². The number of nitrogens with one attached hydrogen (secondary N) is 2. The largest absolute Gasteiger partial charge is 0.497 e. The van der Waals surface area contributed by atoms with Crippen molar-refractivity contribution in [3.63, 3.8) is 0 Å². The number of amides is 1. The molecule has 29 heavy (non-hydrogen) atoms. The molecule has 0 spiro atoms. The average molecular weight is 394 g/mol. The van der Waals surface area contributed by atoms with Crippen molar-refractivity contribution in [3.05, 3.63) is 83.6 Å². The van der Waals surface area contributed by atoms with E-state index in [2.05, 4.69) is 20.6 Å². The molecule has 0 saturated heterocycles. The van der Waals surface area contributed by atoms with E-state index < -0.39 is 0 Å². The molecule has 2 aromatic carbocycles. The van der Waals surface area contributed by atoms with Crippen molar-refractivity contribution in [2.75, 3.05) is 25.5 Å². The van der Waals surface area contributed by atoms with Crippen LogP contribution in [-0.4, -0.2) is 36.1 Å². The molecule has 1 amide bonds. The van der Waals surface area contributed by atoms with Gasteiger partial charge in [-0.15, -0.1) is 0 Å². The predicted molar refractivity (Wildman–Crippen MR) is 110 cm³/mol. The topological polar surface area (TPSA) is 76.1 Å². The SMILES string of the molecule is COc1cccc(CCNC(=O)c2cnc(NCCc3ccccc3F)cn2)c1. The maximum atomic E-state index is 13.6. The third-order valence-corrected chi connectivity index (χ3v) is 4.38. The van der Waals surface area contributed by atoms with E-state index in [1.54, 1.807) is 25.3 Å². The summed E-state index contributed by atoms with van der Waals surface area (Å²) in [4.78, 5) is 20.5. The Morgan fingerprint density at radius 2 is 1.90 bits per heavy atom. The van der Waals surface area contributed by atoms with Crippen LogP contribution in [0, 0.1) is 5.82 Å². The van der Waals surface area contributed by atoms with E-state index in [0.29, 0.717) is 37.3 Å². The maximum absolute atomic E-state index is 13.6. The molecule has 0 unspecified atom stereocenters. The summed E-state index contributed by atoms with van der Waals surface area (Å²) < 4.78 is 18.8. The van der Waals surface area contributed by atoms with Crippen LogP contribution in [0.25, 0.3) is 0 Å². The van der Waals surface area contributed by atoms with Gasteiger partial charge < -0.3 is 15.4 Å². The van der Waals surface area contributed by atoms with Crippen LogP contribution in [0.1, 0.15) is 21.6 Å². The molecule has 3 rings (SSSR count). The highest BCUT2D eigenvalue weighted by molar-refractivity contribution is 5.91. The molecule has 6 nitrogen and oxygen atoms in total. The van der Waals surface area contributed by atoms with E-state index >= 15 is 0 Å². The summed E-state index contributed by atoms with van der Waals surface area (Å²) in [5, 5.41) is 5.91. The average Bonchev–Trinajstić information content (AvgIpc) is 2.75. The molecule has 3 aromatic rings. The fourth-order valence-electron chi connectivity index (χ4n) is 2.80. The first-order valence-electron chi connectivity index (χ1n) is 9.36. The second-order valence-corrected chi connectivity index (χ2v) is 6.41. The molecule has 7 heteroatoms. The van der Waals surface area contributed by atoms with Crippen LogP contribution >= 0.6 is 0 Å². The Hall–Kier alpha value is -3.48. The van der Waals surface area contributed by atoms with Gasteiger partial charge in [0.05, 0.1) is 19.5 Å². The number of benzene rings is 2. The third kappa shape index (κ3) is 6.00. The molecule has 0 fully saturated rings. The summed E-state index contributed by atoms with van der Waals surface area (Å²) >= 11 is 0. The minimum Gasteiger partial charge on any atom is -0.497 e. The van der Waals surface area contributed by atoms with Gasteiger partial charge >= 0.3 is 0 Å². The van der Waals surface area contributed by atoms with Crippen LogP contribution in [0.15, 0.2) is 60.9 Å². The van der Waals surface area contributed by atoms with Gasteiger partial charge in [0, 0.05) is 13.1 Å². The number of rotatable bonds is 9. The molecule has 0 bridgehead atoms. The first kappa shape index (κ1) is 20.3. The number of hydrogen-bond acceptors (Lipinski definition) is 5. The van der Waals surface area contributed by atoms with E-state index in [4.69, 9.17) is 4.74 Å². The Morgan fingerprint density at radius 1 is 1.03 bits per heavy atom. The van der Waals surface area contributed by atoms with Crippen LogP contribution in [0.5, 0.6) is 5.75 Å². The van der Waals surface area contributed by atoms with Crippen molar-refractivity contribution in [3.8, 4) is 5.75 Å². The first-order valence-corrected chi connectivity index (χ1v) is 9.36. The Balaban J connectivity index is 1.44. The maximum Gasteiger partial charge on any atom is 0.271 e. The minimum absolute atomic E-state index is 0.221. The molecule has 0 atom stereocenters. The Kier molecular flexibility index (Phi) is 7.10. The monoisotopic (exact) mass is 394 g/mol. The quantitative estimate of drug-likeness (QED) is 0.583. The molecular weight excluding hydrogens is 371 g/mol. The fourth-order valence-corrected chi connectivity index (χ4v) is 2.80. The Labute approximate surface area is 169 Å². The molecule has 0 aliphatic heterocycles. The zero-order valence-corrected chi connectivity index (χ0v) is 16.2. The molecule has 0 radical (unpaired) electrons. The van der Waals surface area contributed by atoms with Crippen LogP contribution in [0.4, 0.5) is 10.2 Å². The standard InChI is InChI=1S/C22H23FN4O2/c1-29-18-7-4-5-16(13-18)9-11-25-22(28)20-14-27-21(15-26-20)24-12-10-17-6-2-3-8-19(17)23/h2-8,13-15H,9-12H2,1H3,(H,24,27)(H,25,28). The van der Waals surface area contributed by atoms with E-state index in [9.17, 15) is 9.18 Å². The zero-order chi connectivity index (χ0) is 20.5. The lowest BCUT2D eigenvalue weighted by molar-refractivity contribution is 0.0949. The normalized spacial score (nSPS) is 10.4. The van der Waals surface area contributed by atoms with Gasteiger partial charge in [0.15, 0.2) is 0 Å². The predicted octanol–water partition coefficient (Wildman–Crippen LogP) is 3.25. The van der Waals surface area contributed by atoms with Crippen molar-refractivity contribution in [2.24, 2.45) is 0 Å².